The maximum Gasteiger partial charge on any atom is 0.318 e. The van der Waals surface area contributed by atoms with Crippen molar-refractivity contribution in [2.24, 2.45) is 5.73 Å². The van der Waals surface area contributed by atoms with E-state index in [1.54, 1.807) is 18.2 Å². The molecule has 0 fully saturated rings. The molecule has 2 atom stereocenters. The van der Waals surface area contributed by atoms with E-state index < -0.39 is 28.0 Å². The Morgan fingerprint density at radius 2 is 2.06 bits per heavy atom. The molecule has 0 aromatic heterocycles. The van der Waals surface area contributed by atoms with Crippen molar-refractivity contribution in [3.05, 3.63) is 22.7 Å². The Morgan fingerprint density at radius 3 is 2.56 bits per heavy atom. The number of hydrogen-bond acceptors (Lipinski definition) is 4. The highest BCUT2D eigenvalue weighted by Crippen LogP contribution is 2.24. The fourth-order valence-corrected chi connectivity index (χ4v) is 3.15. The van der Waals surface area contributed by atoms with Crippen LogP contribution in [-0.4, -0.2) is 21.4 Å². The zero-order valence-electron chi connectivity index (χ0n) is 9.48. The second-order valence-electron chi connectivity index (χ2n) is 3.48. The molecule has 0 spiro atoms. The molecule has 18 heavy (non-hydrogen) atoms. The second-order valence-corrected chi connectivity index (χ2v) is 6.08. The number of halogens is 1. The van der Waals surface area contributed by atoms with Crippen LogP contribution in [0.5, 0.6) is 0 Å². The van der Waals surface area contributed by atoms with Crippen LogP contribution in [0.3, 0.4) is 0 Å². The third-order valence-electron chi connectivity index (χ3n) is 2.11. The molecular weight excluding hydrogens is 322 g/mol. The van der Waals surface area contributed by atoms with Gasteiger partial charge in [0.2, 0.25) is 5.91 Å². The van der Waals surface area contributed by atoms with Crippen LogP contribution in [0.1, 0.15) is 6.92 Å². The maximum atomic E-state index is 12.1. The fraction of sp³-hybridized carbons (Fsp3) is 0.200. The summed E-state index contributed by atoms with van der Waals surface area (Å²) in [4.78, 5) is 22.5. The van der Waals surface area contributed by atoms with Crippen LogP contribution < -0.4 is 16.8 Å². The topological polar surface area (TPSA) is 115 Å². The lowest BCUT2D eigenvalue weighted by Crippen LogP contribution is -2.42. The van der Waals surface area contributed by atoms with E-state index >= 15 is 0 Å². The molecular formula is C10H12BrN3O3S. The molecule has 3 amide bonds. The third-order valence-corrected chi connectivity index (χ3v) is 4.67. The molecule has 98 valence electrons. The van der Waals surface area contributed by atoms with E-state index in [1.165, 1.54) is 6.92 Å². The minimum atomic E-state index is -1.62. The molecule has 5 N–H and O–H groups in total. The van der Waals surface area contributed by atoms with E-state index in [0.29, 0.717) is 15.1 Å². The third kappa shape index (κ3) is 3.54. The summed E-state index contributed by atoms with van der Waals surface area (Å²) in [6, 6.07) is 3.76. The van der Waals surface area contributed by atoms with Crippen LogP contribution in [0, 0.1) is 0 Å². The Morgan fingerprint density at radius 1 is 1.44 bits per heavy atom. The van der Waals surface area contributed by atoms with E-state index in [-0.39, 0.29) is 0 Å². The number of nitrogen functional groups attached to an aromatic ring is 1. The van der Waals surface area contributed by atoms with Gasteiger partial charge in [0.1, 0.15) is 5.25 Å². The highest BCUT2D eigenvalue weighted by molar-refractivity contribution is 9.10. The van der Waals surface area contributed by atoms with Crippen molar-refractivity contribution in [1.29, 1.82) is 0 Å². The van der Waals surface area contributed by atoms with Gasteiger partial charge in [0, 0.05) is 10.2 Å². The van der Waals surface area contributed by atoms with Crippen LogP contribution >= 0.6 is 15.9 Å². The molecule has 0 aliphatic rings. The molecule has 2 unspecified atom stereocenters. The van der Waals surface area contributed by atoms with E-state index in [9.17, 15) is 13.8 Å². The van der Waals surface area contributed by atoms with Gasteiger partial charge in [-0.15, -0.1) is 0 Å². The lowest BCUT2D eigenvalue weighted by atomic mass is 10.3. The number of rotatable bonds is 3. The molecule has 0 bridgehead atoms. The Kier molecular flexibility index (Phi) is 4.85. The SMILES string of the molecule is CC(C(=O)NC(N)=O)S(=O)c1ccc(N)cc1Br. The number of nitrogens with two attached hydrogens (primary N) is 2. The van der Waals surface area contributed by atoms with E-state index in [1.807, 2.05) is 5.32 Å². The second kappa shape index (κ2) is 5.96. The minimum Gasteiger partial charge on any atom is -0.399 e. The van der Waals surface area contributed by atoms with Crippen molar-refractivity contribution in [3.63, 3.8) is 0 Å². The zero-order chi connectivity index (χ0) is 13.9. The van der Waals surface area contributed by atoms with Crippen LogP contribution in [0.4, 0.5) is 10.5 Å². The smallest absolute Gasteiger partial charge is 0.318 e. The van der Waals surface area contributed by atoms with Crippen LogP contribution in [0.25, 0.3) is 0 Å². The lowest BCUT2D eigenvalue weighted by molar-refractivity contribution is -0.119. The normalized spacial score (nSPS) is 13.7. The van der Waals surface area contributed by atoms with E-state index in [0.717, 1.165) is 0 Å². The molecule has 0 saturated heterocycles. The molecule has 1 aromatic rings. The van der Waals surface area contributed by atoms with E-state index in [2.05, 4.69) is 15.9 Å². The van der Waals surface area contributed by atoms with Crippen molar-refractivity contribution in [2.75, 3.05) is 5.73 Å². The highest BCUT2D eigenvalue weighted by atomic mass is 79.9. The number of imide groups is 1. The first-order chi connectivity index (χ1) is 8.32. The quantitative estimate of drug-likeness (QED) is 0.707. The number of hydrogen-bond donors (Lipinski definition) is 3. The number of primary amides is 1. The monoisotopic (exact) mass is 333 g/mol. The Labute approximate surface area is 115 Å². The summed E-state index contributed by atoms with van der Waals surface area (Å²) in [5, 5.41) is 0.986. The van der Waals surface area contributed by atoms with Gasteiger partial charge >= 0.3 is 6.03 Å². The van der Waals surface area contributed by atoms with Crippen molar-refractivity contribution in [3.8, 4) is 0 Å². The molecule has 0 saturated carbocycles. The van der Waals surface area contributed by atoms with Crippen LogP contribution in [0.2, 0.25) is 0 Å². The molecule has 0 aliphatic heterocycles. The summed E-state index contributed by atoms with van der Waals surface area (Å²) in [6.45, 7) is 1.44. The number of nitrogens with one attached hydrogen (secondary N) is 1. The van der Waals surface area contributed by atoms with Crippen molar-refractivity contribution in [2.45, 2.75) is 17.1 Å². The molecule has 1 rings (SSSR count). The van der Waals surface area contributed by atoms with E-state index in [4.69, 9.17) is 11.5 Å². The average Bonchev–Trinajstić information content (AvgIpc) is 2.26. The number of urea groups is 1. The van der Waals surface area contributed by atoms with Crippen LogP contribution in [-0.2, 0) is 15.6 Å². The largest absolute Gasteiger partial charge is 0.399 e. The van der Waals surface area contributed by atoms with Gasteiger partial charge in [-0.2, -0.15) is 0 Å². The summed E-state index contributed by atoms with van der Waals surface area (Å²) in [5.74, 6) is -0.690. The van der Waals surface area contributed by atoms with Crippen molar-refractivity contribution < 1.29 is 13.8 Å². The van der Waals surface area contributed by atoms with Gasteiger partial charge in [0.15, 0.2) is 0 Å². The summed E-state index contributed by atoms with van der Waals surface area (Å²) in [6.07, 6.45) is 0. The Bertz CT molecular complexity index is 521. The maximum absolute atomic E-state index is 12.1. The molecule has 8 heteroatoms. The van der Waals surface area contributed by atoms with Gasteiger partial charge in [0.25, 0.3) is 0 Å². The number of carbonyl (C=O) groups is 2. The standard InChI is InChI=1S/C10H12BrN3O3S/c1-5(9(15)14-10(13)16)18(17)8-3-2-6(12)4-7(8)11/h2-5H,12H2,1H3,(H3,13,14,15,16). The lowest BCUT2D eigenvalue weighted by Gasteiger charge is -2.11. The molecule has 0 aliphatic carbocycles. The molecule has 0 radical (unpaired) electrons. The summed E-state index contributed by atoms with van der Waals surface area (Å²) in [5.41, 5.74) is 10.9. The van der Waals surface area contributed by atoms with Gasteiger partial charge in [-0.25, -0.2) is 4.79 Å². The molecule has 1 aromatic carbocycles. The first kappa shape index (κ1) is 14.7. The predicted molar refractivity (Wildman–Crippen MR) is 72.2 cm³/mol. The van der Waals surface area contributed by atoms with Crippen LogP contribution in [0.15, 0.2) is 27.6 Å². The average molecular weight is 334 g/mol. The highest BCUT2D eigenvalue weighted by Gasteiger charge is 2.23. The number of carbonyl (C=O) groups excluding carboxylic acids is 2. The summed E-state index contributed by atoms with van der Waals surface area (Å²) >= 11 is 3.22. The zero-order valence-corrected chi connectivity index (χ0v) is 11.9. The Hall–Kier alpha value is -1.41. The van der Waals surface area contributed by atoms with Gasteiger partial charge < -0.3 is 11.5 Å². The molecule has 6 nitrogen and oxygen atoms in total. The van der Waals surface area contributed by atoms with Crippen molar-refractivity contribution >= 4 is 44.4 Å². The summed E-state index contributed by atoms with van der Waals surface area (Å²) < 4.78 is 12.7. The molecule has 0 heterocycles. The van der Waals surface area contributed by atoms with Gasteiger partial charge in [-0.05, 0) is 41.1 Å². The first-order valence-electron chi connectivity index (χ1n) is 4.89. The minimum absolute atomic E-state index is 0.427. The Balaban J connectivity index is 2.93. The predicted octanol–water partition coefficient (Wildman–Crippen LogP) is 0.722. The number of amides is 3. The van der Waals surface area contributed by atoms with Gasteiger partial charge in [0.05, 0.1) is 15.7 Å². The van der Waals surface area contributed by atoms with Crippen molar-refractivity contribution in [1.82, 2.24) is 5.32 Å². The summed E-state index contributed by atoms with van der Waals surface area (Å²) in [7, 11) is -1.62. The van der Waals surface area contributed by atoms with Gasteiger partial charge in [-0.1, -0.05) is 0 Å². The fourth-order valence-electron chi connectivity index (χ4n) is 1.19. The van der Waals surface area contributed by atoms with Gasteiger partial charge in [-0.3, -0.25) is 14.3 Å². The number of anilines is 1. The number of benzene rings is 1. The first-order valence-corrected chi connectivity index (χ1v) is 6.89.